The molecule has 1 amide bonds. The zero-order valence-corrected chi connectivity index (χ0v) is 17.6. The van der Waals surface area contributed by atoms with E-state index in [4.69, 9.17) is 0 Å². The zero-order valence-electron chi connectivity index (χ0n) is 17.6. The summed E-state index contributed by atoms with van der Waals surface area (Å²) in [5.41, 5.74) is 3.49. The van der Waals surface area contributed by atoms with Crippen LogP contribution < -0.4 is 15.0 Å². The van der Waals surface area contributed by atoms with Gasteiger partial charge in [0.15, 0.2) is 0 Å². The van der Waals surface area contributed by atoms with Gasteiger partial charge in [-0.05, 0) is 54.1 Å². The third kappa shape index (κ3) is 5.82. The van der Waals surface area contributed by atoms with Crippen molar-refractivity contribution < 1.29 is 18.3 Å². The third-order valence-corrected chi connectivity index (χ3v) is 5.45. The summed E-state index contributed by atoms with van der Waals surface area (Å²) in [7, 11) is 0. The minimum Gasteiger partial charge on any atom is -0.435 e. The molecular weight excluding hydrogens is 412 g/mol. The number of amides is 1. The average molecular weight is 437 g/mol. The number of halogens is 2. The molecule has 0 radical (unpaired) electrons. The van der Waals surface area contributed by atoms with E-state index in [1.165, 1.54) is 29.8 Å². The topological polar surface area (TPSA) is 44.8 Å². The molecule has 7 heteroatoms. The molecule has 32 heavy (non-hydrogen) atoms. The van der Waals surface area contributed by atoms with E-state index in [0.29, 0.717) is 11.3 Å². The summed E-state index contributed by atoms with van der Waals surface area (Å²) in [6.45, 7) is 1.98. The molecule has 0 bridgehead atoms. The van der Waals surface area contributed by atoms with Crippen LogP contribution in [0.25, 0.3) is 0 Å². The molecular formula is C25H25F2N3O2. The van der Waals surface area contributed by atoms with Gasteiger partial charge < -0.3 is 15.0 Å². The lowest BCUT2D eigenvalue weighted by molar-refractivity contribution is -0.0498. The number of piperazine rings is 1. The summed E-state index contributed by atoms with van der Waals surface area (Å²) in [5, 5.41) is 2.83. The zero-order chi connectivity index (χ0) is 22.3. The van der Waals surface area contributed by atoms with Gasteiger partial charge in [0, 0.05) is 49.7 Å². The molecule has 1 saturated heterocycles. The molecule has 0 aromatic heterocycles. The molecule has 0 saturated carbocycles. The molecule has 1 heterocycles. The summed E-state index contributed by atoms with van der Waals surface area (Å²) in [5.74, 6) is -0.291. The maximum absolute atomic E-state index is 12.4. The molecule has 0 unspecified atom stereocenters. The Morgan fingerprint density at radius 2 is 1.53 bits per heavy atom. The van der Waals surface area contributed by atoms with E-state index in [1.54, 1.807) is 0 Å². The Kier molecular flexibility index (Phi) is 6.97. The van der Waals surface area contributed by atoms with Crippen LogP contribution in [0.4, 0.5) is 20.2 Å². The van der Waals surface area contributed by atoms with Crippen LogP contribution in [0.2, 0.25) is 0 Å². The fourth-order valence-corrected chi connectivity index (χ4v) is 3.75. The van der Waals surface area contributed by atoms with E-state index in [9.17, 15) is 13.6 Å². The fourth-order valence-electron chi connectivity index (χ4n) is 3.75. The lowest BCUT2D eigenvalue weighted by Gasteiger charge is -2.36. The maximum atomic E-state index is 12.4. The lowest BCUT2D eigenvalue weighted by atomic mass is 10.1. The predicted octanol–water partition coefficient (Wildman–Crippen LogP) is 4.86. The van der Waals surface area contributed by atoms with Crippen molar-refractivity contribution in [2.24, 2.45) is 0 Å². The van der Waals surface area contributed by atoms with Crippen molar-refractivity contribution in [3.63, 3.8) is 0 Å². The highest BCUT2D eigenvalue weighted by Gasteiger charge is 2.17. The summed E-state index contributed by atoms with van der Waals surface area (Å²) >= 11 is 0. The monoisotopic (exact) mass is 437 g/mol. The Balaban J connectivity index is 1.28. The van der Waals surface area contributed by atoms with Gasteiger partial charge in [-0.3, -0.25) is 9.69 Å². The number of nitrogens with zero attached hydrogens (tertiary/aromatic N) is 2. The molecule has 0 atom stereocenters. The quantitative estimate of drug-likeness (QED) is 0.573. The molecule has 1 aliphatic heterocycles. The number of anilines is 2. The van der Waals surface area contributed by atoms with Gasteiger partial charge in [-0.1, -0.05) is 30.3 Å². The lowest BCUT2D eigenvalue weighted by Crippen LogP contribution is -2.45. The number of rotatable bonds is 7. The molecule has 5 nitrogen and oxygen atoms in total. The first-order valence-corrected chi connectivity index (χ1v) is 10.5. The molecule has 1 fully saturated rings. The minimum atomic E-state index is -2.89. The Morgan fingerprint density at radius 1 is 0.875 bits per heavy atom. The van der Waals surface area contributed by atoms with Crippen molar-refractivity contribution in [1.29, 1.82) is 0 Å². The van der Waals surface area contributed by atoms with Crippen LogP contribution in [0.1, 0.15) is 15.9 Å². The first kappa shape index (κ1) is 21.8. The molecule has 166 valence electrons. The number of hydrogen-bond donors (Lipinski definition) is 1. The van der Waals surface area contributed by atoms with E-state index in [-0.39, 0.29) is 11.7 Å². The van der Waals surface area contributed by atoms with Crippen LogP contribution in [0.3, 0.4) is 0 Å². The second-order valence-corrected chi connectivity index (χ2v) is 7.65. The first-order valence-electron chi connectivity index (χ1n) is 10.5. The van der Waals surface area contributed by atoms with Gasteiger partial charge >= 0.3 is 6.61 Å². The van der Waals surface area contributed by atoms with E-state index in [1.807, 2.05) is 30.3 Å². The van der Waals surface area contributed by atoms with E-state index < -0.39 is 6.61 Å². The Bertz CT molecular complexity index is 1000. The van der Waals surface area contributed by atoms with Gasteiger partial charge in [0.05, 0.1) is 0 Å². The SMILES string of the molecule is O=C(Nc1ccc(N2CCN(Cc3ccccc3)CC2)cc1)c1ccc(OC(F)F)cc1. The maximum Gasteiger partial charge on any atom is 0.387 e. The number of benzene rings is 3. The van der Waals surface area contributed by atoms with Crippen molar-refractivity contribution in [1.82, 2.24) is 4.90 Å². The van der Waals surface area contributed by atoms with Crippen molar-refractivity contribution >= 4 is 17.3 Å². The van der Waals surface area contributed by atoms with Gasteiger partial charge in [-0.15, -0.1) is 0 Å². The van der Waals surface area contributed by atoms with Gasteiger partial charge in [-0.2, -0.15) is 8.78 Å². The van der Waals surface area contributed by atoms with Crippen LogP contribution >= 0.6 is 0 Å². The Hall–Kier alpha value is -3.45. The van der Waals surface area contributed by atoms with Gasteiger partial charge in [0.1, 0.15) is 5.75 Å². The van der Waals surface area contributed by atoms with E-state index in [2.05, 4.69) is 44.1 Å². The summed E-state index contributed by atoms with van der Waals surface area (Å²) < 4.78 is 28.8. The minimum absolute atomic E-state index is 0.0183. The summed E-state index contributed by atoms with van der Waals surface area (Å²) in [4.78, 5) is 17.2. The van der Waals surface area contributed by atoms with Crippen molar-refractivity contribution in [3.8, 4) is 5.75 Å². The number of carbonyl (C=O) groups is 1. The highest BCUT2D eigenvalue weighted by molar-refractivity contribution is 6.04. The largest absolute Gasteiger partial charge is 0.435 e. The number of nitrogens with one attached hydrogen (secondary N) is 1. The normalized spacial score (nSPS) is 14.4. The molecule has 1 N–H and O–H groups in total. The summed E-state index contributed by atoms with van der Waals surface area (Å²) in [6.07, 6.45) is 0. The van der Waals surface area contributed by atoms with Crippen LogP contribution in [0, 0.1) is 0 Å². The third-order valence-electron chi connectivity index (χ3n) is 5.45. The molecule has 4 rings (SSSR count). The number of ether oxygens (including phenoxy) is 1. The Labute approximate surface area is 186 Å². The highest BCUT2D eigenvalue weighted by atomic mass is 19.3. The average Bonchev–Trinajstić information content (AvgIpc) is 2.81. The predicted molar refractivity (Wildman–Crippen MR) is 121 cm³/mol. The molecule has 0 aliphatic carbocycles. The second kappa shape index (κ2) is 10.2. The molecule has 1 aliphatic rings. The van der Waals surface area contributed by atoms with Gasteiger partial charge in [-0.25, -0.2) is 0 Å². The second-order valence-electron chi connectivity index (χ2n) is 7.65. The summed E-state index contributed by atoms with van der Waals surface area (Å²) in [6, 6.07) is 23.9. The smallest absolute Gasteiger partial charge is 0.387 e. The van der Waals surface area contributed by atoms with Crippen LogP contribution in [-0.4, -0.2) is 43.6 Å². The van der Waals surface area contributed by atoms with Gasteiger partial charge in [0.2, 0.25) is 0 Å². The first-order chi connectivity index (χ1) is 15.6. The molecule has 3 aromatic carbocycles. The molecule has 3 aromatic rings. The van der Waals surface area contributed by atoms with E-state index in [0.717, 1.165) is 38.4 Å². The van der Waals surface area contributed by atoms with Crippen LogP contribution in [0.5, 0.6) is 5.75 Å². The van der Waals surface area contributed by atoms with Gasteiger partial charge in [0.25, 0.3) is 5.91 Å². The van der Waals surface area contributed by atoms with Crippen molar-refractivity contribution in [2.45, 2.75) is 13.2 Å². The number of alkyl halides is 2. The standard InChI is InChI=1S/C25H25F2N3O2/c26-25(27)32-23-12-6-20(7-13-23)24(31)28-21-8-10-22(11-9-21)30-16-14-29(15-17-30)18-19-4-2-1-3-5-19/h1-13,25H,14-18H2,(H,28,31). The Morgan fingerprint density at radius 3 is 2.16 bits per heavy atom. The van der Waals surface area contributed by atoms with Crippen molar-refractivity contribution in [2.75, 3.05) is 36.4 Å². The van der Waals surface area contributed by atoms with Crippen molar-refractivity contribution in [3.05, 3.63) is 90.0 Å². The number of carbonyl (C=O) groups excluding carboxylic acids is 1. The highest BCUT2D eigenvalue weighted by Crippen LogP contribution is 2.21. The van der Waals surface area contributed by atoms with Crippen LogP contribution in [-0.2, 0) is 6.54 Å². The molecule has 0 spiro atoms. The number of hydrogen-bond acceptors (Lipinski definition) is 4. The fraction of sp³-hybridized carbons (Fsp3) is 0.240. The van der Waals surface area contributed by atoms with Crippen LogP contribution in [0.15, 0.2) is 78.9 Å². The van der Waals surface area contributed by atoms with E-state index >= 15 is 0 Å².